The van der Waals surface area contributed by atoms with Gasteiger partial charge in [0.25, 0.3) is 0 Å². The molecule has 144 valence electrons. The topological polar surface area (TPSA) is 23.6 Å². The lowest BCUT2D eigenvalue weighted by atomic mass is 9.88. The van der Waals surface area contributed by atoms with Gasteiger partial charge in [-0.2, -0.15) is 0 Å². The molecule has 1 unspecified atom stereocenters. The van der Waals surface area contributed by atoms with E-state index in [4.69, 9.17) is 0 Å². The van der Waals surface area contributed by atoms with E-state index in [2.05, 4.69) is 65.3 Å². The third-order valence-corrected chi connectivity index (χ3v) is 5.80. The minimum Gasteiger partial charge on any atom is -0.330 e. The number of piperidine rings is 1. The van der Waals surface area contributed by atoms with E-state index in [0.717, 1.165) is 26.1 Å². The van der Waals surface area contributed by atoms with Crippen molar-refractivity contribution in [3.8, 4) is 0 Å². The molecular formula is C23H29ClN2O. The van der Waals surface area contributed by atoms with Crippen LogP contribution in [0, 0.1) is 6.92 Å². The Morgan fingerprint density at radius 3 is 2.41 bits per heavy atom. The monoisotopic (exact) mass is 384 g/mol. The van der Waals surface area contributed by atoms with Crippen LogP contribution in [0.25, 0.3) is 0 Å². The van der Waals surface area contributed by atoms with Crippen LogP contribution in [0.4, 0.5) is 0 Å². The molecule has 3 nitrogen and oxygen atoms in total. The van der Waals surface area contributed by atoms with Gasteiger partial charge in [-0.3, -0.25) is 9.69 Å². The van der Waals surface area contributed by atoms with Gasteiger partial charge in [-0.05, 0) is 56.0 Å². The van der Waals surface area contributed by atoms with Crippen molar-refractivity contribution >= 4 is 18.3 Å². The van der Waals surface area contributed by atoms with Crippen LogP contribution >= 0.6 is 12.4 Å². The molecule has 4 heteroatoms. The average Bonchev–Trinajstić information content (AvgIpc) is 2.68. The molecule has 0 bridgehead atoms. The van der Waals surface area contributed by atoms with Gasteiger partial charge >= 0.3 is 0 Å². The lowest BCUT2D eigenvalue weighted by molar-refractivity contribution is -0.134. The number of hydrogen-bond donors (Lipinski definition) is 0. The molecule has 2 aliphatic heterocycles. The Morgan fingerprint density at radius 2 is 1.67 bits per heavy atom. The fraction of sp³-hybridized carbons (Fsp3) is 0.435. The summed E-state index contributed by atoms with van der Waals surface area (Å²) in [5.41, 5.74) is 5.13. The van der Waals surface area contributed by atoms with Gasteiger partial charge in [-0.25, -0.2) is 0 Å². The van der Waals surface area contributed by atoms with E-state index in [-0.39, 0.29) is 24.4 Å². The maximum atomic E-state index is 13.2. The molecule has 1 atom stereocenters. The number of amides is 1. The zero-order chi connectivity index (χ0) is 17.9. The van der Waals surface area contributed by atoms with Gasteiger partial charge < -0.3 is 4.90 Å². The summed E-state index contributed by atoms with van der Waals surface area (Å²) in [5, 5.41) is 0. The van der Waals surface area contributed by atoms with Gasteiger partial charge in [-0.15, -0.1) is 12.4 Å². The summed E-state index contributed by atoms with van der Waals surface area (Å²) in [5.74, 6) is 0.270. The molecule has 0 radical (unpaired) electrons. The number of carbonyl (C=O) groups excluding carboxylic acids is 1. The summed E-state index contributed by atoms with van der Waals surface area (Å²) in [6.45, 7) is 5.60. The molecule has 2 aromatic carbocycles. The van der Waals surface area contributed by atoms with Crippen molar-refractivity contribution in [3.63, 3.8) is 0 Å². The van der Waals surface area contributed by atoms with E-state index < -0.39 is 0 Å². The first-order chi connectivity index (χ1) is 12.7. The number of carbonyl (C=O) groups is 1. The van der Waals surface area contributed by atoms with Crippen LogP contribution in [-0.2, 0) is 11.2 Å². The van der Waals surface area contributed by atoms with Crippen LogP contribution in [-0.4, -0.2) is 41.9 Å². The van der Waals surface area contributed by atoms with Crippen molar-refractivity contribution < 1.29 is 4.79 Å². The third-order valence-electron chi connectivity index (χ3n) is 5.80. The highest BCUT2D eigenvalue weighted by atomic mass is 35.5. The first kappa shape index (κ1) is 19.9. The molecule has 4 rings (SSSR count). The SMILES string of the molecule is Cc1ccc(C2c3ccccc3CCN2C(=O)CN2CCCCC2)cc1.Cl. The highest BCUT2D eigenvalue weighted by molar-refractivity contribution is 5.85. The smallest absolute Gasteiger partial charge is 0.237 e. The molecule has 0 aromatic heterocycles. The molecule has 1 saturated heterocycles. The second kappa shape index (κ2) is 8.90. The van der Waals surface area contributed by atoms with Gasteiger partial charge in [-0.1, -0.05) is 60.5 Å². The van der Waals surface area contributed by atoms with Crippen molar-refractivity contribution in [1.29, 1.82) is 0 Å². The first-order valence-corrected chi connectivity index (χ1v) is 9.88. The number of halogens is 1. The van der Waals surface area contributed by atoms with Crippen molar-refractivity contribution in [1.82, 2.24) is 9.80 Å². The predicted molar refractivity (Wildman–Crippen MR) is 112 cm³/mol. The Labute approximate surface area is 168 Å². The summed E-state index contributed by atoms with van der Waals surface area (Å²) in [4.78, 5) is 17.7. The standard InChI is InChI=1S/C23H28N2O.ClH/c1-18-9-11-20(12-10-18)23-21-8-4-3-7-19(21)13-16-25(23)22(26)17-24-14-5-2-6-15-24;/h3-4,7-12,23H,2,5-6,13-17H2,1H3;1H. The molecule has 0 saturated carbocycles. The van der Waals surface area contributed by atoms with Crippen molar-refractivity contribution in [2.75, 3.05) is 26.2 Å². The maximum Gasteiger partial charge on any atom is 0.237 e. The van der Waals surface area contributed by atoms with Crippen molar-refractivity contribution in [2.45, 2.75) is 38.6 Å². The van der Waals surface area contributed by atoms with E-state index in [1.807, 2.05) is 0 Å². The molecule has 2 aromatic rings. The number of hydrogen-bond acceptors (Lipinski definition) is 2. The van der Waals surface area contributed by atoms with E-state index >= 15 is 0 Å². The lowest BCUT2D eigenvalue weighted by Crippen LogP contribution is -2.46. The minimum atomic E-state index is 0. The summed E-state index contributed by atoms with van der Waals surface area (Å²) in [6, 6.07) is 17.3. The Hall–Kier alpha value is -1.84. The molecule has 2 heterocycles. The van der Waals surface area contributed by atoms with Crippen LogP contribution in [0.3, 0.4) is 0 Å². The first-order valence-electron chi connectivity index (χ1n) is 9.88. The quantitative estimate of drug-likeness (QED) is 0.784. The summed E-state index contributed by atoms with van der Waals surface area (Å²) < 4.78 is 0. The normalized spacial score (nSPS) is 19.9. The highest BCUT2D eigenvalue weighted by Crippen LogP contribution is 2.35. The van der Waals surface area contributed by atoms with Crippen LogP contribution in [0.1, 0.15) is 47.6 Å². The lowest BCUT2D eigenvalue weighted by Gasteiger charge is -2.39. The number of benzene rings is 2. The fourth-order valence-electron chi connectivity index (χ4n) is 4.34. The summed E-state index contributed by atoms with van der Waals surface area (Å²) in [6.07, 6.45) is 4.69. The Balaban J connectivity index is 0.00000210. The second-order valence-electron chi connectivity index (χ2n) is 7.69. The van der Waals surface area contributed by atoms with Gasteiger partial charge in [0.05, 0.1) is 12.6 Å². The molecule has 27 heavy (non-hydrogen) atoms. The maximum absolute atomic E-state index is 13.2. The number of rotatable bonds is 3. The fourth-order valence-corrected chi connectivity index (χ4v) is 4.34. The molecule has 2 aliphatic rings. The average molecular weight is 385 g/mol. The third kappa shape index (κ3) is 4.36. The van der Waals surface area contributed by atoms with Gasteiger partial charge in [0, 0.05) is 6.54 Å². The van der Waals surface area contributed by atoms with Crippen molar-refractivity contribution in [2.24, 2.45) is 0 Å². The molecule has 0 spiro atoms. The van der Waals surface area contributed by atoms with Crippen molar-refractivity contribution in [3.05, 3.63) is 70.8 Å². The number of fused-ring (bicyclic) bond motifs is 1. The zero-order valence-corrected chi connectivity index (χ0v) is 16.9. The van der Waals surface area contributed by atoms with E-state index in [1.54, 1.807) is 0 Å². The number of nitrogens with zero attached hydrogens (tertiary/aromatic N) is 2. The van der Waals surface area contributed by atoms with Crippen LogP contribution in [0.15, 0.2) is 48.5 Å². The van der Waals surface area contributed by atoms with Gasteiger partial charge in [0.15, 0.2) is 0 Å². The molecule has 0 aliphatic carbocycles. The Morgan fingerprint density at radius 1 is 0.963 bits per heavy atom. The largest absolute Gasteiger partial charge is 0.330 e. The molecule has 1 fully saturated rings. The summed E-state index contributed by atoms with van der Waals surface area (Å²) in [7, 11) is 0. The van der Waals surface area contributed by atoms with Crippen LogP contribution < -0.4 is 0 Å². The number of likely N-dealkylation sites (tertiary alicyclic amines) is 1. The minimum absolute atomic E-state index is 0. The molecular weight excluding hydrogens is 356 g/mol. The van der Waals surface area contributed by atoms with Gasteiger partial charge in [0.1, 0.15) is 0 Å². The highest BCUT2D eigenvalue weighted by Gasteiger charge is 2.32. The number of aryl methyl sites for hydroxylation is 1. The summed E-state index contributed by atoms with van der Waals surface area (Å²) >= 11 is 0. The van der Waals surface area contributed by atoms with E-state index in [9.17, 15) is 4.79 Å². The van der Waals surface area contributed by atoms with Gasteiger partial charge in [0.2, 0.25) is 5.91 Å². The molecule has 1 amide bonds. The zero-order valence-electron chi connectivity index (χ0n) is 16.1. The second-order valence-corrected chi connectivity index (χ2v) is 7.69. The van der Waals surface area contributed by atoms with E-state index in [0.29, 0.717) is 6.54 Å². The molecule has 0 N–H and O–H groups in total. The Bertz CT molecular complexity index is 768. The van der Waals surface area contributed by atoms with Crippen LogP contribution in [0.2, 0.25) is 0 Å². The van der Waals surface area contributed by atoms with E-state index in [1.165, 1.54) is 41.5 Å². The Kier molecular flexibility index (Phi) is 6.56. The predicted octanol–water partition coefficient (Wildman–Crippen LogP) is 4.38. The van der Waals surface area contributed by atoms with Crippen LogP contribution in [0.5, 0.6) is 0 Å².